The van der Waals surface area contributed by atoms with Crippen LogP contribution in [-0.2, 0) is 4.79 Å². The molecule has 0 saturated carbocycles. The first-order valence-corrected chi connectivity index (χ1v) is 4.54. The third kappa shape index (κ3) is 3.53. The van der Waals surface area contributed by atoms with Gasteiger partial charge in [0.15, 0.2) is 0 Å². The number of piperidine rings is 1. The van der Waals surface area contributed by atoms with E-state index >= 15 is 0 Å². The SMILES string of the molecule is CC(C)C1CNCC(C(=O)O)C1.Cl. The summed E-state index contributed by atoms with van der Waals surface area (Å²) < 4.78 is 0. The molecule has 13 heavy (non-hydrogen) atoms. The number of hydrogen-bond acceptors (Lipinski definition) is 2. The molecule has 4 heteroatoms. The second-order valence-electron chi connectivity index (χ2n) is 3.93. The topological polar surface area (TPSA) is 49.3 Å². The van der Waals surface area contributed by atoms with Crippen LogP contribution in [0, 0.1) is 17.8 Å². The predicted octanol–water partition coefficient (Wildman–Crippen LogP) is 1.37. The van der Waals surface area contributed by atoms with E-state index in [1.165, 1.54) is 0 Å². The number of nitrogens with one attached hydrogen (secondary N) is 1. The lowest BCUT2D eigenvalue weighted by Crippen LogP contribution is -2.41. The van der Waals surface area contributed by atoms with Gasteiger partial charge in [-0.3, -0.25) is 4.79 Å². The lowest BCUT2D eigenvalue weighted by Gasteiger charge is -2.30. The minimum Gasteiger partial charge on any atom is -0.481 e. The van der Waals surface area contributed by atoms with E-state index in [0.717, 1.165) is 13.0 Å². The van der Waals surface area contributed by atoms with Gasteiger partial charge in [0.25, 0.3) is 0 Å². The molecule has 78 valence electrons. The van der Waals surface area contributed by atoms with Crippen LogP contribution in [0.1, 0.15) is 20.3 Å². The van der Waals surface area contributed by atoms with Gasteiger partial charge in [0.05, 0.1) is 5.92 Å². The van der Waals surface area contributed by atoms with Gasteiger partial charge in [-0.1, -0.05) is 13.8 Å². The second kappa shape index (κ2) is 5.45. The average Bonchev–Trinajstić information content (AvgIpc) is 2.04. The van der Waals surface area contributed by atoms with E-state index in [9.17, 15) is 4.79 Å². The summed E-state index contributed by atoms with van der Waals surface area (Å²) in [7, 11) is 0. The molecule has 0 spiro atoms. The van der Waals surface area contributed by atoms with Crippen molar-refractivity contribution in [3.63, 3.8) is 0 Å². The van der Waals surface area contributed by atoms with Crippen molar-refractivity contribution in [1.82, 2.24) is 5.32 Å². The normalized spacial score (nSPS) is 28.2. The number of aliphatic carboxylic acids is 1. The van der Waals surface area contributed by atoms with Gasteiger partial charge >= 0.3 is 5.97 Å². The lowest BCUT2D eigenvalue weighted by atomic mass is 9.83. The van der Waals surface area contributed by atoms with Crippen molar-refractivity contribution in [2.45, 2.75) is 20.3 Å². The summed E-state index contributed by atoms with van der Waals surface area (Å²) in [6.45, 7) is 5.91. The highest BCUT2D eigenvalue weighted by Gasteiger charge is 2.27. The first-order chi connectivity index (χ1) is 5.61. The van der Waals surface area contributed by atoms with Crippen molar-refractivity contribution in [2.24, 2.45) is 17.8 Å². The van der Waals surface area contributed by atoms with E-state index in [4.69, 9.17) is 5.11 Å². The highest BCUT2D eigenvalue weighted by atomic mass is 35.5. The Bertz CT molecular complexity index is 173. The van der Waals surface area contributed by atoms with Gasteiger partial charge in [0, 0.05) is 6.54 Å². The van der Waals surface area contributed by atoms with Crippen LogP contribution in [0.2, 0.25) is 0 Å². The third-order valence-corrected chi connectivity index (χ3v) is 2.68. The molecule has 1 saturated heterocycles. The molecule has 1 aliphatic rings. The molecular formula is C9H18ClNO2. The molecule has 0 radical (unpaired) electrons. The summed E-state index contributed by atoms with van der Waals surface area (Å²) in [5.41, 5.74) is 0. The molecule has 0 aliphatic carbocycles. The minimum atomic E-state index is -0.659. The van der Waals surface area contributed by atoms with Crippen LogP contribution in [0.25, 0.3) is 0 Å². The first kappa shape index (κ1) is 12.7. The molecule has 2 N–H and O–H groups in total. The van der Waals surface area contributed by atoms with Crippen LogP contribution < -0.4 is 5.32 Å². The maximum Gasteiger partial charge on any atom is 0.307 e. The van der Waals surface area contributed by atoms with Gasteiger partial charge in [0.2, 0.25) is 0 Å². The highest BCUT2D eigenvalue weighted by molar-refractivity contribution is 5.85. The summed E-state index contributed by atoms with van der Waals surface area (Å²) in [6, 6.07) is 0. The zero-order valence-electron chi connectivity index (χ0n) is 8.12. The van der Waals surface area contributed by atoms with Crippen molar-refractivity contribution < 1.29 is 9.90 Å². The Labute approximate surface area is 85.3 Å². The van der Waals surface area contributed by atoms with Gasteiger partial charge in [-0.15, -0.1) is 12.4 Å². The monoisotopic (exact) mass is 207 g/mol. The second-order valence-corrected chi connectivity index (χ2v) is 3.93. The van der Waals surface area contributed by atoms with Crippen LogP contribution in [0.15, 0.2) is 0 Å². The highest BCUT2D eigenvalue weighted by Crippen LogP contribution is 2.22. The van der Waals surface area contributed by atoms with Crippen molar-refractivity contribution in [3.8, 4) is 0 Å². The summed E-state index contributed by atoms with van der Waals surface area (Å²) >= 11 is 0. The van der Waals surface area contributed by atoms with Gasteiger partial charge in [-0.05, 0) is 24.8 Å². The Morgan fingerprint density at radius 3 is 2.54 bits per heavy atom. The lowest BCUT2D eigenvalue weighted by molar-refractivity contribution is -0.142. The number of rotatable bonds is 2. The number of hydrogen-bond donors (Lipinski definition) is 2. The Kier molecular flexibility index (Phi) is 5.33. The Hall–Kier alpha value is -0.280. The summed E-state index contributed by atoms with van der Waals surface area (Å²) in [5.74, 6) is 0.276. The van der Waals surface area contributed by atoms with E-state index in [-0.39, 0.29) is 18.3 Å². The summed E-state index contributed by atoms with van der Waals surface area (Å²) in [4.78, 5) is 10.7. The smallest absolute Gasteiger partial charge is 0.307 e. The van der Waals surface area contributed by atoms with Crippen LogP contribution in [0.3, 0.4) is 0 Å². The number of carboxylic acid groups (broad SMARTS) is 1. The van der Waals surface area contributed by atoms with E-state index in [2.05, 4.69) is 19.2 Å². The fourth-order valence-electron chi connectivity index (χ4n) is 1.67. The molecule has 2 atom stereocenters. The van der Waals surface area contributed by atoms with Crippen LogP contribution in [-0.4, -0.2) is 24.2 Å². The van der Waals surface area contributed by atoms with E-state index < -0.39 is 5.97 Å². The van der Waals surface area contributed by atoms with E-state index in [1.54, 1.807) is 0 Å². The van der Waals surface area contributed by atoms with Crippen LogP contribution >= 0.6 is 12.4 Å². The van der Waals surface area contributed by atoms with Crippen LogP contribution in [0.4, 0.5) is 0 Å². The Morgan fingerprint density at radius 1 is 1.46 bits per heavy atom. The number of carboxylic acids is 1. The zero-order valence-corrected chi connectivity index (χ0v) is 8.93. The molecule has 1 fully saturated rings. The Balaban J connectivity index is 0.00000144. The standard InChI is InChI=1S/C9H17NO2.ClH/c1-6(2)7-3-8(9(11)12)5-10-4-7;/h6-8,10H,3-5H2,1-2H3,(H,11,12);1H. The largest absolute Gasteiger partial charge is 0.481 e. The fraction of sp³-hybridized carbons (Fsp3) is 0.889. The third-order valence-electron chi connectivity index (χ3n) is 2.68. The number of halogens is 1. The fourth-order valence-corrected chi connectivity index (χ4v) is 1.67. The summed E-state index contributed by atoms with van der Waals surface area (Å²) in [5, 5.41) is 12.0. The van der Waals surface area contributed by atoms with Gasteiger partial charge in [0.1, 0.15) is 0 Å². The van der Waals surface area contributed by atoms with Crippen molar-refractivity contribution in [2.75, 3.05) is 13.1 Å². The molecule has 0 aromatic heterocycles. The van der Waals surface area contributed by atoms with Crippen molar-refractivity contribution in [3.05, 3.63) is 0 Å². The average molecular weight is 208 g/mol. The molecular weight excluding hydrogens is 190 g/mol. The zero-order chi connectivity index (χ0) is 9.14. The summed E-state index contributed by atoms with van der Waals surface area (Å²) in [6.07, 6.45) is 0.833. The molecule has 3 nitrogen and oxygen atoms in total. The molecule has 2 unspecified atom stereocenters. The molecule has 1 rings (SSSR count). The van der Waals surface area contributed by atoms with E-state index in [1.807, 2.05) is 0 Å². The number of carbonyl (C=O) groups is 1. The minimum absolute atomic E-state index is 0. The van der Waals surface area contributed by atoms with Gasteiger partial charge in [-0.2, -0.15) is 0 Å². The Morgan fingerprint density at radius 2 is 2.08 bits per heavy atom. The van der Waals surface area contributed by atoms with Crippen LogP contribution in [0.5, 0.6) is 0 Å². The maximum atomic E-state index is 10.7. The molecule has 0 amide bonds. The molecule has 0 aromatic carbocycles. The molecule has 1 heterocycles. The van der Waals surface area contributed by atoms with Crippen molar-refractivity contribution >= 4 is 18.4 Å². The quantitative estimate of drug-likeness (QED) is 0.719. The van der Waals surface area contributed by atoms with Gasteiger partial charge in [-0.25, -0.2) is 0 Å². The molecule has 0 bridgehead atoms. The van der Waals surface area contributed by atoms with E-state index in [0.29, 0.717) is 18.4 Å². The predicted molar refractivity (Wildman–Crippen MR) is 54.2 cm³/mol. The molecule has 1 aliphatic heterocycles. The maximum absolute atomic E-state index is 10.7. The first-order valence-electron chi connectivity index (χ1n) is 4.54. The van der Waals surface area contributed by atoms with Gasteiger partial charge < -0.3 is 10.4 Å². The molecule has 0 aromatic rings. The van der Waals surface area contributed by atoms with Crippen molar-refractivity contribution in [1.29, 1.82) is 0 Å².